The average molecular weight is 367 g/mol. The zero-order valence-electron chi connectivity index (χ0n) is 17.1. The van der Waals surface area contributed by atoms with Gasteiger partial charge in [-0.3, -0.25) is 4.57 Å². The van der Waals surface area contributed by atoms with Gasteiger partial charge >= 0.3 is 0 Å². The van der Waals surface area contributed by atoms with Crippen LogP contribution in [0.5, 0.6) is 0 Å². The molecule has 0 aromatic heterocycles. The van der Waals surface area contributed by atoms with Crippen molar-refractivity contribution in [1.82, 2.24) is 0 Å². The Labute approximate surface area is 155 Å². The molecule has 2 atom stereocenters. The van der Waals surface area contributed by atoms with Gasteiger partial charge in [-0.05, 0) is 35.8 Å². The Morgan fingerprint density at radius 1 is 1.04 bits per heavy atom. The molecule has 2 unspecified atom stereocenters. The van der Waals surface area contributed by atoms with Crippen LogP contribution in [0.2, 0.25) is 0 Å². The van der Waals surface area contributed by atoms with Gasteiger partial charge in [0.2, 0.25) is 7.37 Å². The van der Waals surface area contributed by atoms with Crippen LogP contribution in [-0.4, -0.2) is 11.1 Å². The number of unbranched alkanes of at least 4 members (excludes halogenated alkanes) is 3. The predicted molar refractivity (Wildman–Crippen MR) is 111 cm³/mol. The van der Waals surface area contributed by atoms with E-state index in [2.05, 4.69) is 40.7 Å². The lowest BCUT2D eigenvalue weighted by molar-refractivity contribution is 0.438. The van der Waals surface area contributed by atoms with Crippen molar-refractivity contribution in [2.45, 2.75) is 91.4 Å². The summed E-state index contributed by atoms with van der Waals surface area (Å²) in [5, 5.41) is 0.700. The summed E-state index contributed by atoms with van der Waals surface area (Å²) in [6.07, 6.45) is 9.39. The van der Waals surface area contributed by atoms with E-state index in [0.717, 1.165) is 37.7 Å². The number of hydrogen-bond donors (Lipinski definition) is 1. The highest BCUT2D eigenvalue weighted by molar-refractivity contribution is 7.66. The summed E-state index contributed by atoms with van der Waals surface area (Å²) < 4.78 is 13.3. The maximum atomic E-state index is 13.3. The Balaban J connectivity index is 3.05. The van der Waals surface area contributed by atoms with Gasteiger partial charge in [0, 0.05) is 11.5 Å². The molecule has 0 saturated heterocycles. The number of benzene rings is 1. The third kappa shape index (κ3) is 6.91. The fraction of sp³-hybridized carbons (Fsp3) is 0.727. The molecule has 0 heterocycles. The summed E-state index contributed by atoms with van der Waals surface area (Å²) >= 11 is 0. The number of hydrogen-bond acceptors (Lipinski definition) is 1. The van der Waals surface area contributed by atoms with E-state index < -0.39 is 7.37 Å². The van der Waals surface area contributed by atoms with E-state index in [1.54, 1.807) is 0 Å². The molecule has 1 aromatic rings. The van der Waals surface area contributed by atoms with Crippen molar-refractivity contribution in [3.63, 3.8) is 0 Å². The summed E-state index contributed by atoms with van der Waals surface area (Å²) in [5.41, 5.74) is 1.01. The summed E-state index contributed by atoms with van der Waals surface area (Å²) in [5.74, 6) is 0.340. The smallest absolute Gasteiger partial charge is 0.230 e. The summed E-state index contributed by atoms with van der Waals surface area (Å²) in [7, 11) is -3.33. The molecular weight excluding hydrogens is 327 g/mol. The van der Waals surface area contributed by atoms with Gasteiger partial charge in [-0.1, -0.05) is 91.3 Å². The molecule has 1 rings (SSSR count). The lowest BCUT2D eigenvalue weighted by Crippen LogP contribution is -2.27. The molecule has 2 nitrogen and oxygen atoms in total. The van der Waals surface area contributed by atoms with E-state index in [4.69, 9.17) is 0 Å². The van der Waals surface area contributed by atoms with E-state index in [0.29, 0.717) is 17.4 Å². The van der Waals surface area contributed by atoms with E-state index in [1.165, 1.54) is 19.3 Å². The molecule has 0 bridgehead atoms. The van der Waals surface area contributed by atoms with Crippen LogP contribution in [0, 0.1) is 5.92 Å². The van der Waals surface area contributed by atoms with Gasteiger partial charge in [0.1, 0.15) is 0 Å². The third-order valence-corrected chi connectivity index (χ3v) is 7.62. The van der Waals surface area contributed by atoms with Crippen LogP contribution in [-0.2, 0) is 9.98 Å². The van der Waals surface area contributed by atoms with Crippen LogP contribution >= 0.6 is 7.37 Å². The van der Waals surface area contributed by atoms with E-state index in [9.17, 15) is 9.46 Å². The van der Waals surface area contributed by atoms with Crippen molar-refractivity contribution >= 4 is 12.7 Å². The first kappa shape index (κ1) is 22.5. The second-order valence-electron chi connectivity index (χ2n) is 8.16. The van der Waals surface area contributed by atoms with Crippen LogP contribution in [0.15, 0.2) is 24.3 Å². The van der Waals surface area contributed by atoms with Gasteiger partial charge < -0.3 is 4.89 Å². The van der Waals surface area contributed by atoms with Crippen LogP contribution in [0.1, 0.15) is 91.5 Å². The zero-order valence-corrected chi connectivity index (χ0v) is 17.9. The Hall–Kier alpha value is -0.590. The van der Waals surface area contributed by atoms with Crippen molar-refractivity contribution in [1.29, 1.82) is 0 Å². The highest BCUT2D eigenvalue weighted by Crippen LogP contribution is 2.46. The first-order valence-electron chi connectivity index (χ1n) is 10.2. The maximum absolute atomic E-state index is 13.3. The van der Waals surface area contributed by atoms with Crippen LogP contribution in [0.4, 0.5) is 0 Å². The molecule has 1 aromatic carbocycles. The summed E-state index contributed by atoms with van der Waals surface area (Å²) in [4.78, 5) is 11.0. The van der Waals surface area contributed by atoms with Gasteiger partial charge in [-0.25, -0.2) is 0 Å². The third-order valence-electron chi connectivity index (χ3n) is 5.46. The van der Waals surface area contributed by atoms with Crippen molar-refractivity contribution in [3.8, 4) is 0 Å². The lowest BCUT2D eigenvalue weighted by Gasteiger charge is -2.30. The Bertz CT molecular complexity index is 551. The highest BCUT2D eigenvalue weighted by atomic mass is 31.2. The van der Waals surface area contributed by atoms with Crippen LogP contribution < -0.4 is 5.30 Å². The van der Waals surface area contributed by atoms with Gasteiger partial charge in [-0.15, -0.1) is 0 Å². The van der Waals surface area contributed by atoms with Crippen molar-refractivity contribution in [2.24, 2.45) is 5.92 Å². The molecule has 3 heteroatoms. The van der Waals surface area contributed by atoms with E-state index >= 15 is 0 Å². The topological polar surface area (TPSA) is 37.3 Å². The van der Waals surface area contributed by atoms with E-state index in [-0.39, 0.29) is 5.41 Å². The quantitative estimate of drug-likeness (QED) is 0.332. The average Bonchev–Trinajstić information content (AvgIpc) is 2.58. The van der Waals surface area contributed by atoms with Gasteiger partial charge in [0.05, 0.1) is 0 Å². The highest BCUT2D eigenvalue weighted by Gasteiger charge is 2.32. The molecule has 1 N–H and O–H groups in total. The minimum atomic E-state index is -3.33. The van der Waals surface area contributed by atoms with Gasteiger partial charge in [-0.2, -0.15) is 0 Å². The van der Waals surface area contributed by atoms with E-state index in [1.807, 2.05) is 18.2 Å². The fourth-order valence-electron chi connectivity index (χ4n) is 3.67. The maximum Gasteiger partial charge on any atom is 0.230 e. The fourth-order valence-corrected chi connectivity index (χ4v) is 6.08. The first-order valence-corrected chi connectivity index (χ1v) is 12.0. The van der Waals surface area contributed by atoms with Crippen molar-refractivity contribution in [2.75, 3.05) is 6.16 Å². The molecule has 25 heavy (non-hydrogen) atoms. The normalized spacial score (nSPS) is 15.8. The van der Waals surface area contributed by atoms with Gasteiger partial charge in [0.25, 0.3) is 0 Å². The lowest BCUT2D eigenvalue weighted by atomic mass is 9.80. The first-order chi connectivity index (χ1) is 11.8. The molecule has 0 spiro atoms. The predicted octanol–water partition coefficient (Wildman–Crippen LogP) is 6.66. The summed E-state index contributed by atoms with van der Waals surface area (Å²) in [6.45, 7) is 11.0. The summed E-state index contributed by atoms with van der Waals surface area (Å²) in [6, 6.07) is 7.88. The van der Waals surface area contributed by atoms with Crippen molar-refractivity contribution < 1.29 is 9.46 Å². The minimum absolute atomic E-state index is 0.0602. The Kier molecular flexibility index (Phi) is 9.46. The molecular formula is C22H39O2P. The Morgan fingerprint density at radius 3 is 2.28 bits per heavy atom. The molecule has 0 amide bonds. The standard InChI is InChI=1S/C22H39O2P/c1-6-9-13-17-22(4,5)20-15-11-12-16-21(20)25(23,24)18-19(8-3)14-10-7-2/h11-12,15-16,19H,6-10,13-14,17-18H2,1-5H3,(H,23,24). The SMILES string of the molecule is CCCCCC(C)(C)c1ccccc1P(=O)(O)CC(CC)CCCC. The molecule has 0 aliphatic rings. The number of rotatable bonds is 12. The molecule has 0 fully saturated rings. The molecule has 0 radical (unpaired) electrons. The molecule has 0 aliphatic carbocycles. The largest absolute Gasteiger partial charge is 0.341 e. The van der Waals surface area contributed by atoms with Gasteiger partial charge in [0.15, 0.2) is 0 Å². The zero-order chi connectivity index (χ0) is 18.9. The monoisotopic (exact) mass is 366 g/mol. The molecule has 0 aliphatic heterocycles. The molecule has 0 saturated carbocycles. The second-order valence-corrected chi connectivity index (χ2v) is 10.4. The second kappa shape index (κ2) is 10.5. The van der Waals surface area contributed by atoms with Crippen LogP contribution in [0.25, 0.3) is 0 Å². The van der Waals surface area contributed by atoms with Crippen LogP contribution in [0.3, 0.4) is 0 Å². The minimum Gasteiger partial charge on any atom is -0.341 e. The Morgan fingerprint density at radius 2 is 1.68 bits per heavy atom. The van der Waals surface area contributed by atoms with Crippen molar-refractivity contribution in [3.05, 3.63) is 29.8 Å². The molecule has 144 valence electrons.